The highest BCUT2D eigenvalue weighted by Crippen LogP contribution is 2.37. The number of pyridine rings is 1. The van der Waals surface area contributed by atoms with Crippen molar-refractivity contribution in [2.75, 3.05) is 0 Å². The van der Waals surface area contributed by atoms with Crippen LogP contribution in [-0.2, 0) is 15.7 Å². The number of rotatable bonds is 3. The highest BCUT2D eigenvalue weighted by molar-refractivity contribution is 6.62. The normalized spacial score (nSPS) is 20.6. The molecular formula is C15H24BNO3. The van der Waals surface area contributed by atoms with E-state index >= 15 is 0 Å². The molecule has 0 spiro atoms. The topological polar surface area (TPSA) is 51.6 Å². The van der Waals surface area contributed by atoms with Gasteiger partial charge in [0.05, 0.1) is 17.4 Å². The van der Waals surface area contributed by atoms with Crippen molar-refractivity contribution in [2.45, 2.75) is 59.2 Å². The third-order valence-corrected chi connectivity index (χ3v) is 4.19. The molecule has 0 aliphatic carbocycles. The Morgan fingerprint density at radius 2 is 1.70 bits per heavy atom. The van der Waals surface area contributed by atoms with Crippen molar-refractivity contribution in [1.29, 1.82) is 0 Å². The zero-order valence-corrected chi connectivity index (χ0v) is 13.2. The summed E-state index contributed by atoms with van der Waals surface area (Å²) >= 11 is 0. The third-order valence-electron chi connectivity index (χ3n) is 4.19. The molecule has 0 aromatic carbocycles. The van der Waals surface area contributed by atoms with Crippen molar-refractivity contribution >= 4 is 12.6 Å². The minimum atomic E-state index is -0.478. The number of hydrogen-bond acceptors (Lipinski definition) is 4. The molecule has 0 unspecified atom stereocenters. The Hall–Kier alpha value is -1.07. The zero-order chi connectivity index (χ0) is 15.1. The van der Waals surface area contributed by atoms with Gasteiger partial charge in [-0.1, -0.05) is 13.8 Å². The van der Waals surface area contributed by atoms with E-state index in [1.165, 1.54) is 6.20 Å². The summed E-state index contributed by atoms with van der Waals surface area (Å²) in [5.41, 5.74) is 0.919. The quantitative estimate of drug-likeness (QED) is 0.861. The number of hydrogen-bond donors (Lipinski definition) is 1. The maximum Gasteiger partial charge on any atom is 0.496 e. The van der Waals surface area contributed by atoms with Gasteiger partial charge in [0.1, 0.15) is 5.75 Å². The molecule has 1 fully saturated rings. The largest absolute Gasteiger partial charge is 0.506 e. The lowest BCUT2D eigenvalue weighted by Gasteiger charge is -2.32. The molecule has 0 saturated carbocycles. The van der Waals surface area contributed by atoms with Gasteiger partial charge in [-0.05, 0) is 45.6 Å². The molecule has 2 rings (SSSR count). The molecule has 0 amide bonds. The maximum absolute atomic E-state index is 10.1. The fourth-order valence-electron chi connectivity index (χ4n) is 2.30. The molecule has 4 nitrogen and oxygen atoms in total. The van der Waals surface area contributed by atoms with Crippen molar-refractivity contribution in [1.82, 2.24) is 4.98 Å². The lowest BCUT2D eigenvalue weighted by Crippen LogP contribution is -2.41. The van der Waals surface area contributed by atoms with Crippen LogP contribution in [0.3, 0.4) is 0 Å². The molecule has 1 aliphatic rings. The van der Waals surface area contributed by atoms with Crippen LogP contribution in [0.4, 0.5) is 0 Å². The van der Waals surface area contributed by atoms with Gasteiger partial charge in [0, 0.05) is 11.7 Å². The van der Waals surface area contributed by atoms with E-state index in [4.69, 9.17) is 9.31 Å². The highest BCUT2D eigenvalue weighted by atomic mass is 16.7. The van der Waals surface area contributed by atoms with Gasteiger partial charge in [-0.3, -0.25) is 4.98 Å². The number of aromatic hydroxyl groups is 1. The average molecular weight is 277 g/mol. The molecule has 0 radical (unpaired) electrons. The molecule has 0 atom stereocenters. The van der Waals surface area contributed by atoms with Crippen molar-refractivity contribution in [3.05, 3.63) is 18.0 Å². The first-order chi connectivity index (χ1) is 9.14. The Morgan fingerprint density at radius 3 is 2.20 bits per heavy atom. The molecule has 0 bridgehead atoms. The lowest BCUT2D eigenvalue weighted by atomic mass is 9.75. The molecule has 1 aromatic rings. The predicted molar refractivity (Wildman–Crippen MR) is 80.2 cm³/mol. The summed E-state index contributed by atoms with van der Waals surface area (Å²) in [7, 11) is -0.478. The van der Waals surface area contributed by atoms with Crippen LogP contribution in [-0.4, -0.2) is 28.4 Å². The van der Waals surface area contributed by atoms with Gasteiger partial charge in [-0.25, -0.2) is 0 Å². The van der Waals surface area contributed by atoms with Crippen LogP contribution in [0.5, 0.6) is 5.75 Å². The van der Waals surface area contributed by atoms with E-state index in [1.807, 2.05) is 27.7 Å². The van der Waals surface area contributed by atoms with E-state index in [9.17, 15) is 5.11 Å². The van der Waals surface area contributed by atoms with Crippen molar-refractivity contribution < 1.29 is 14.4 Å². The fourth-order valence-corrected chi connectivity index (χ4v) is 2.30. The molecule has 1 aliphatic heterocycles. The molecule has 1 saturated heterocycles. The highest BCUT2D eigenvalue weighted by Gasteiger charge is 2.52. The van der Waals surface area contributed by atoms with E-state index in [0.29, 0.717) is 5.92 Å². The van der Waals surface area contributed by atoms with Gasteiger partial charge in [-0.15, -0.1) is 0 Å². The van der Waals surface area contributed by atoms with E-state index < -0.39 is 18.3 Å². The summed E-state index contributed by atoms with van der Waals surface area (Å²) in [6, 6.07) is 0. The standard InChI is InChI=1S/C15H24BNO3/c1-10(2)7-11-12(8-17-9-13(11)18)16-19-14(3,4)15(5,6)20-16/h8-10,18H,7H2,1-6H3. The zero-order valence-electron chi connectivity index (χ0n) is 13.2. The van der Waals surface area contributed by atoms with Gasteiger partial charge in [0.15, 0.2) is 0 Å². The summed E-state index contributed by atoms with van der Waals surface area (Å²) < 4.78 is 12.1. The van der Waals surface area contributed by atoms with E-state index in [2.05, 4.69) is 18.8 Å². The first-order valence-corrected chi connectivity index (χ1v) is 7.15. The first-order valence-electron chi connectivity index (χ1n) is 7.15. The molecule has 1 N–H and O–H groups in total. The summed E-state index contributed by atoms with van der Waals surface area (Å²) in [5.74, 6) is 0.649. The van der Waals surface area contributed by atoms with Crippen LogP contribution in [0.15, 0.2) is 12.4 Å². The van der Waals surface area contributed by atoms with Crippen molar-refractivity contribution in [3.63, 3.8) is 0 Å². The van der Waals surface area contributed by atoms with Gasteiger partial charge in [0.25, 0.3) is 0 Å². The summed E-state index contributed by atoms with van der Waals surface area (Å²) in [6.07, 6.45) is 3.99. The molecule has 20 heavy (non-hydrogen) atoms. The van der Waals surface area contributed by atoms with Gasteiger partial charge >= 0.3 is 7.12 Å². The Balaban J connectivity index is 2.37. The fraction of sp³-hybridized carbons (Fsp3) is 0.667. The van der Waals surface area contributed by atoms with Crippen LogP contribution in [0.25, 0.3) is 0 Å². The molecule has 110 valence electrons. The molecular weight excluding hydrogens is 253 g/mol. The van der Waals surface area contributed by atoms with Crippen molar-refractivity contribution in [3.8, 4) is 5.75 Å². The number of nitrogens with zero attached hydrogens (tertiary/aromatic N) is 1. The summed E-state index contributed by atoms with van der Waals surface area (Å²) in [6.45, 7) is 12.3. The molecule has 1 aromatic heterocycles. The summed E-state index contributed by atoms with van der Waals surface area (Å²) in [5, 5.41) is 10.1. The SMILES string of the molecule is CC(C)Cc1c(O)cncc1B1OC(C)(C)C(C)(C)O1. The minimum Gasteiger partial charge on any atom is -0.506 e. The Kier molecular flexibility index (Phi) is 3.86. The van der Waals surface area contributed by atoms with Crippen LogP contribution >= 0.6 is 0 Å². The minimum absolute atomic E-state index is 0.214. The second-order valence-corrected chi connectivity index (χ2v) is 6.91. The van der Waals surface area contributed by atoms with Crippen LogP contribution in [0.2, 0.25) is 0 Å². The van der Waals surface area contributed by atoms with E-state index in [0.717, 1.165) is 17.4 Å². The lowest BCUT2D eigenvalue weighted by molar-refractivity contribution is 0.00578. The van der Waals surface area contributed by atoms with Gasteiger partial charge in [-0.2, -0.15) is 0 Å². The monoisotopic (exact) mass is 277 g/mol. The molecule has 5 heteroatoms. The Morgan fingerprint density at radius 1 is 1.15 bits per heavy atom. The van der Waals surface area contributed by atoms with Crippen LogP contribution < -0.4 is 5.46 Å². The Labute approximate surface area is 121 Å². The maximum atomic E-state index is 10.1. The van der Waals surface area contributed by atoms with Gasteiger partial charge in [0.2, 0.25) is 0 Å². The summed E-state index contributed by atoms with van der Waals surface area (Å²) in [4.78, 5) is 4.08. The molecule has 2 heterocycles. The van der Waals surface area contributed by atoms with E-state index in [1.54, 1.807) is 6.20 Å². The average Bonchev–Trinajstić information content (AvgIpc) is 2.50. The third kappa shape index (κ3) is 2.70. The number of aromatic nitrogens is 1. The smallest absolute Gasteiger partial charge is 0.496 e. The van der Waals surface area contributed by atoms with Crippen molar-refractivity contribution in [2.24, 2.45) is 5.92 Å². The predicted octanol–water partition coefficient (Wildman–Crippen LogP) is 2.28. The van der Waals surface area contributed by atoms with Gasteiger partial charge < -0.3 is 14.4 Å². The Bertz CT molecular complexity index is 484. The second kappa shape index (κ2) is 5.04. The van der Waals surface area contributed by atoms with Crippen LogP contribution in [0.1, 0.15) is 47.1 Å². The first kappa shape index (κ1) is 15.3. The van der Waals surface area contributed by atoms with E-state index in [-0.39, 0.29) is 5.75 Å². The van der Waals surface area contributed by atoms with Crippen LogP contribution in [0, 0.1) is 5.92 Å². The second-order valence-electron chi connectivity index (χ2n) is 6.91.